The Kier molecular flexibility index (Phi) is 12.1. The fourth-order valence-electron chi connectivity index (χ4n) is 10.3. The van der Waals surface area contributed by atoms with E-state index >= 15 is 0 Å². The van der Waals surface area contributed by atoms with Crippen LogP contribution in [0.2, 0.25) is 5.02 Å². The van der Waals surface area contributed by atoms with Crippen molar-refractivity contribution in [1.29, 1.82) is 0 Å². The van der Waals surface area contributed by atoms with Crippen LogP contribution in [0.25, 0.3) is 33.4 Å². The first kappa shape index (κ1) is 41.0. The van der Waals surface area contributed by atoms with E-state index in [9.17, 15) is 19.2 Å². The Morgan fingerprint density at radius 1 is 0.836 bits per heavy atom. The molecule has 5 aromatic rings. The van der Waals surface area contributed by atoms with Gasteiger partial charge < -0.3 is 15.1 Å². The second-order valence-electron chi connectivity index (χ2n) is 17.6. The molecule has 3 amide bonds. The number of halogens is 1. The standard InChI is InChI=1S/C48H55ClN8O4/c1-54-42-29-35(13-14-40(42)57(48(54)61)41-15-16-43(58)52-45(41)59)33-20-23-55(24-21-33)22-17-31-18-25-56(26-19-31)46(60)37-11-6-12-38(28-37)51-47-50-30-39(49)44(53-47)36-10-5-9-34(27-36)32-7-3-2-4-8-32/h2-5,7-10,13-14,27,29-31,33,37-38,41H,6,11-12,15-26,28H2,1H3,(H,50,51,53)(H,52,58,59). The normalized spacial score (nSPS) is 22.1. The molecule has 3 unspecified atom stereocenters. The molecule has 0 bridgehead atoms. The van der Waals surface area contributed by atoms with Gasteiger partial charge in [0.1, 0.15) is 6.04 Å². The van der Waals surface area contributed by atoms with Crippen molar-refractivity contribution in [3.05, 3.63) is 100 Å². The van der Waals surface area contributed by atoms with Crippen molar-refractivity contribution >= 4 is 46.3 Å². The van der Waals surface area contributed by atoms with Gasteiger partial charge in [0, 0.05) is 44.1 Å². The molecule has 318 valence electrons. The fraction of sp³-hybridized carbons (Fsp3) is 0.458. The topological polar surface area (TPSA) is 134 Å². The number of carbonyl (C=O) groups excluding carboxylic acids is 3. The lowest BCUT2D eigenvalue weighted by molar-refractivity contribution is -0.138. The molecule has 0 spiro atoms. The number of nitrogens with one attached hydrogen (secondary N) is 2. The molecule has 2 N–H and O–H groups in total. The Hall–Kier alpha value is -5.33. The van der Waals surface area contributed by atoms with E-state index in [1.54, 1.807) is 22.4 Å². The first-order chi connectivity index (χ1) is 29.7. The highest BCUT2D eigenvalue weighted by Crippen LogP contribution is 2.35. The van der Waals surface area contributed by atoms with Gasteiger partial charge in [0.2, 0.25) is 23.7 Å². The third-order valence-corrected chi connectivity index (χ3v) is 14.1. The van der Waals surface area contributed by atoms with Gasteiger partial charge in [0.05, 0.1) is 27.9 Å². The number of anilines is 1. The molecule has 3 saturated heterocycles. The number of imide groups is 1. The van der Waals surface area contributed by atoms with Crippen LogP contribution >= 0.6 is 11.6 Å². The molecule has 5 heterocycles. The van der Waals surface area contributed by atoms with E-state index in [0.717, 1.165) is 118 Å². The van der Waals surface area contributed by atoms with Crippen LogP contribution in [-0.2, 0) is 21.4 Å². The van der Waals surface area contributed by atoms with Gasteiger partial charge in [-0.25, -0.2) is 14.8 Å². The lowest BCUT2D eigenvalue weighted by Gasteiger charge is -2.38. The Balaban J connectivity index is 0.730. The molecular formula is C48H55ClN8O4. The monoisotopic (exact) mass is 842 g/mol. The number of piperidine rings is 3. The zero-order valence-corrected chi connectivity index (χ0v) is 35.7. The maximum Gasteiger partial charge on any atom is 0.329 e. The Morgan fingerprint density at radius 2 is 1.61 bits per heavy atom. The average Bonchev–Trinajstić information content (AvgIpc) is 3.54. The molecule has 4 aliphatic rings. The number of hydrogen-bond donors (Lipinski definition) is 2. The van der Waals surface area contributed by atoms with Crippen molar-refractivity contribution in [2.75, 3.05) is 38.0 Å². The number of likely N-dealkylation sites (tertiary alicyclic amines) is 2. The number of rotatable bonds is 10. The molecule has 12 nitrogen and oxygen atoms in total. The summed E-state index contributed by atoms with van der Waals surface area (Å²) in [4.78, 5) is 65.5. The van der Waals surface area contributed by atoms with Crippen LogP contribution < -0.4 is 16.3 Å². The molecule has 0 radical (unpaired) electrons. The van der Waals surface area contributed by atoms with Gasteiger partial charge in [-0.05, 0) is 124 Å². The molecule has 3 aromatic carbocycles. The summed E-state index contributed by atoms with van der Waals surface area (Å²) < 4.78 is 3.18. The molecular weight excluding hydrogens is 788 g/mol. The van der Waals surface area contributed by atoms with Crippen molar-refractivity contribution in [3.63, 3.8) is 0 Å². The second-order valence-corrected chi connectivity index (χ2v) is 18.0. The van der Waals surface area contributed by atoms with Gasteiger partial charge in [0.15, 0.2) is 0 Å². The molecule has 13 heteroatoms. The summed E-state index contributed by atoms with van der Waals surface area (Å²) in [6.45, 7) is 4.83. The van der Waals surface area contributed by atoms with Crippen LogP contribution in [0.4, 0.5) is 5.95 Å². The van der Waals surface area contributed by atoms with Crippen molar-refractivity contribution in [1.82, 2.24) is 34.2 Å². The van der Waals surface area contributed by atoms with Crippen LogP contribution in [0.15, 0.2) is 83.8 Å². The number of imidazole rings is 1. The maximum absolute atomic E-state index is 13.8. The quantitative estimate of drug-likeness (QED) is 0.138. The molecule has 1 saturated carbocycles. The number of nitrogens with zero attached hydrogens (tertiary/aromatic N) is 6. The predicted molar refractivity (Wildman–Crippen MR) is 238 cm³/mol. The lowest BCUT2D eigenvalue weighted by Crippen LogP contribution is -2.44. The highest BCUT2D eigenvalue weighted by molar-refractivity contribution is 6.33. The first-order valence-corrected chi connectivity index (χ1v) is 22.6. The zero-order chi connectivity index (χ0) is 42.0. The van der Waals surface area contributed by atoms with Gasteiger partial charge >= 0.3 is 5.69 Å². The third kappa shape index (κ3) is 8.88. The minimum Gasteiger partial charge on any atom is -0.351 e. The number of aryl methyl sites for hydroxylation is 1. The van der Waals surface area contributed by atoms with Crippen molar-refractivity contribution in [2.24, 2.45) is 18.9 Å². The van der Waals surface area contributed by atoms with E-state index < -0.39 is 11.9 Å². The van der Waals surface area contributed by atoms with Crippen molar-refractivity contribution in [2.45, 2.75) is 88.6 Å². The smallest absolute Gasteiger partial charge is 0.329 e. The van der Waals surface area contributed by atoms with Gasteiger partial charge in [-0.15, -0.1) is 0 Å². The Morgan fingerprint density at radius 3 is 2.39 bits per heavy atom. The highest BCUT2D eigenvalue weighted by Gasteiger charge is 2.34. The van der Waals surface area contributed by atoms with E-state index in [2.05, 4.69) is 61.8 Å². The molecule has 2 aromatic heterocycles. The highest BCUT2D eigenvalue weighted by atomic mass is 35.5. The third-order valence-electron chi connectivity index (χ3n) is 13.8. The van der Waals surface area contributed by atoms with Crippen LogP contribution in [0.3, 0.4) is 0 Å². The molecule has 3 aliphatic heterocycles. The number of hydrogen-bond acceptors (Lipinski definition) is 8. The number of carbonyl (C=O) groups is 3. The first-order valence-electron chi connectivity index (χ1n) is 22.2. The summed E-state index contributed by atoms with van der Waals surface area (Å²) in [5, 5.41) is 6.45. The summed E-state index contributed by atoms with van der Waals surface area (Å²) in [5.41, 5.74) is 6.41. The van der Waals surface area contributed by atoms with E-state index in [-0.39, 0.29) is 30.0 Å². The average molecular weight is 843 g/mol. The van der Waals surface area contributed by atoms with Crippen molar-refractivity contribution in [3.8, 4) is 22.4 Å². The summed E-state index contributed by atoms with van der Waals surface area (Å²) in [6.07, 6.45) is 11.3. The summed E-state index contributed by atoms with van der Waals surface area (Å²) in [7, 11) is 1.75. The number of aromatic nitrogens is 4. The molecule has 9 rings (SSSR count). The molecule has 61 heavy (non-hydrogen) atoms. The summed E-state index contributed by atoms with van der Waals surface area (Å²) >= 11 is 6.64. The number of fused-ring (bicyclic) bond motifs is 1. The maximum atomic E-state index is 13.8. The van der Waals surface area contributed by atoms with E-state index in [1.165, 1.54) is 5.56 Å². The molecule has 1 aliphatic carbocycles. The van der Waals surface area contributed by atoms with Crippen LogP contribution in [-0.4, -0.2) is 85.4 Å². The van der Waals surface area contributed by atoms with E-state index in [1.807, 2.05) is 36.4 Å². The Labute approximate surface area is 361 Å². The van der Waals surface area contributed by atoms with Crippen molar-refractivity contribution < 1.29 is 14.4 Å². The fourth-order valence-corrected chi connectivity index (χ4v) is 10.5. The van der Waals surface area contributed by atoms with Gasteiger partial charge in [-0.3, -0.25) is 28.8 Å². The summed E-state index contributed by atoms with van der Waals surface area (Å²) in [5.74, 6) is 1.19. The minimum absolute atomic E-state index is 0.00857. The van der Waals surface area contributed by atoms with E-state index in [4.69, 9.17) is 16.6 Å². The molecule has 3 atom stereocenters. The predicted octanol–water partition coefficient (Wildman–Crippen LogP) is 7.57. The number of benzene rings is 3. The van der Waals surface area contributed by atoms with Crippen LogP contribution in [0, 0.1) is 11.8 Å². The molecule has 4 fully saturated rings. The number of amides is 3. The largest absolute Gasteiger partial charge is 0.351 e. The Bertz CT molecular complexity index is 2470. The summed E-state index contributed by atoms with van der Waals surface area (Å²) in [6, 6.07) is 24.2. The van der Waals surface area contributed by atoms with Gasteiger partial charge in [0.25, 0.3) is 0 Å². The SMILES string of the molecule is Cn1c(=O)n(C2CCC(=O)NC2=O)c2ccc(C3CCN(CCC4CCN(C(=O)C5CCCC(Nc6ncc(Cl)c(-c7cccc(-c8ccccc8)c7)n6)C5)CC4)CC3)cc21. The second kappa shape index (κ2) is 17.9. The van der Waals surface area contributed by atoms with Gasteiger partial charge in [-0.2, -0.15) is 0 Å². The van der Waals surface area contributed by atoms with Gasteiger partial charge in [-0.1, -0.05) is 72.6 Å². The minimum atomic E-state index is -0.675. The van der Waals surface area contributed by atoms with Crippen LogP contribution in [0.5, 0.6) is 0 Å². The van der Waals surface area contributed by atoms with E-state index in [0.29, 0.717) is 40.8 Å². The lowest BCUT2D eigenvalue weighted by atomic mass is 9.84. The zero-order valence-electron chi connectivity index (χ0n) is 34.9. The van der Waals surface area contributed by atoms with Crippen LogP contribution in [0.1, 0.15) is 88.2 Å².